The number of anilines is 2. The lowest BCUT2D eigenvalue weighted by Gasteiger charge is -2.19. The van der Waals surface area contributed by atoms with Crippen LogP contribution >= 0.6 is 0 Å². The summed E-state index contributed by atoms with van der Waals surface area (Å²) >= 11 is 0. The topological polar surface area (TPSA) is 95.6 Å². The molecular weight excluding hydrogens is 366 g/mol. The van der Waals surface area contributed by atoms with Crippen molar-refractivity contribution in [2.45, 2.75) is 19.9 Å². The average molecular weight is 387 g/mol. The van der Waals surface area contributed by atoms with Crippen LogP contribution in [0.1, 0.15) is 17.5 Å². The molecule has 0 atom stereocenters. The highest BCUT2D eigenvalue weighted by atomic mass is 32.2. The Labute approximate surface area is 158 Å². The van der Waals surface area contributed by atoms with Gasteiger partial charge in [-0.1, -0.05) is 36.4 Å². The van der Waals surface area contributed by atoms with Crippen molar-refractivity contribution >= 4 is 33.2 Å². The van der Waals surface area contributed by atoms with Gasteiger partial charge in [-0.05, 0) is 36.6 Å². The van der Waals surface area contributed by atoms with Crippen LogP contribution in [0, 0.1) is 6.92 Å². The van der Waals surface area contributed by atoms with Crippen molar-refractivity contribution in [1.29, 1.82) is 0 Å². The van der Waals surface area contributed by atoms with Gasteiger partial charge in [0.2, 0.25) is 10.0 Å². The van der Waals surface area contributed by atoms with E-state index in [-0.39, 0.29) is 12.3 Å². The molecule has 2 aromatic carbocycles. The third-order valence-electron chi connectivity index (χ3n) is 4.36. The Bertz CT molecular complexity index is 958. The minimum Gasteiger partial charge on any atom is -0.344 e. The minimum absolute atomic E-state index is 0.116. The molecule has 2 aromatic rings. The number of carbonyl (C=O) groups excluding carboxylic acids is 2. The summed E-state index contributed by atoms with van der Waals surface area (Å²) < 4.78 is 25.5. The molecule has 27 heavy (non-hydrogen) atoms. The van der Waals surface area contributed by atoms with Gasteiger partial charge in [0.05, 0.1) is 11.4 Å². The molecule has 1 fully saturated rings. The Morgan fingerprint density at radius 1 is 1.07 bits per heavy atom. The molecule has 0 unspecified atom stereocenters. The van der Waals surface area contributed by atoms with Crippen molar-refractivity contribution < 1.29 is 18.0 Å². The van der Waals surface area contributed by atoms with Gasteiger partial charge in [-0.3, -0.25) is 13.9 Å². The van der Waals surface area contributed by atoms with Gasteiger partial charge in [0.15, 0.2) is 0 Å². The molecule has 0 aliphatic carbocycles. The summed E-state index contributed by atoms with van der Waals surface area (Å²) in [5.41, 5.74) is 2.52. The second-order valence-corrected chi connectivity index (χ2v) is 8.38. The van der Waals surface area contributed by atoms with Crippen LogP contribution in [-0.2, 0) is 26.2 Å². The van der Waals surface area contributed by atoms with E-state index >= 15 is 0 Å². The number of hydrogen-bond acceptors (Lipinski definition) is 4. The predicted molar refractivity (Wildman–Crippen MR) is 104 cm³/mol. The number of rotatable bonds is 4. The molecule has 0 radical (unpaired) electrons. The molecule has 0 saturated carbocycles. The lowest BCUT2D eigenvalue weighted by atomic mass is 10.1. The molecular formula is C19H21N3O4S. The van der Waals surface area contributed by atoms with Gasteiger partial charge in [0.25, 0.3) is 0 Å². The zero-order valence-corrected chi connectivity index (χ0v) is 15.8. The van der Waals surface area contributed by atoms with Gasteiger partial charge in [-0.15, -0.1) is 0 Å². The molecule has 1 aliphatic heterocycles. The largest absolute Gasteiger partial charge is 0.344 e. The van der Waals surface area contributed by atoms with E-state index in [1.54, 1.807) is 25.1 Å². The first-order chi connectivity index (χ1) is 12.9. The van der Waals surface area contributed by atoms with E-state index in [0.717, 1.165) is 11.1 Å². The van der Waals surface area contributed by atoms with Crippen molar-refractivity contribution in [1.82, 2.24) is 5.32 Å². The van der Waals surface area contributed by atoms with Crippen LogP contribution in [0.5, 0.6) is 0 Å². The maximum atomic E-state index is 12.2. The number of amides is 2. The number of hydrogen-bond donors (Lipinski definition) is 2. The summed E-state index contributed by atoms with van der Waals surface area (Å²) in [7, 11) is -3.31. The number of nitrogens with zero attached hydrogens (tertiary/aromatic N) is 1. The first-order valence-corrected chi connectivity index (χ1v) is 10.2. The number of sulfonamides is 1. The number of nitrogens with one attached hydrogen (secondary N) is 2. The summed E-state index contributed by atoms with van der Waals surface area (Å²) in [5, 5.41) is 5.13. The number of aryl methyl sites for hydroxylation is 1. The van der Waals surface area contributed by atoms with Crippen LogP contribution in [0.15, 0.2) is 48.5 Å². The van der Waals surface area contributed by atoms with Crippen molar-refractivity contribution in [2.24, 2.45) is 0 Å². The van der Waals surface area contributed by atoms with Crippen molar-refractivity contribution in [3.63, 3.8) is 0 Å². The molecule has 0 bridgehead atoms. The van der Waals surface area contributed by atoms with Gasteiger partial charge in [-0.25, -0.2) is 8.42 Å². The van der Waals surface area contributed by atoms with Crippen molar-refractivity contribution in [2.75, 3.05) is 21.9 Å². The highest BCUT2D eigenvalue weighted by Crippen LogP contribution is 2.28. The molecule has 8 heteroatoms. The lowest BCUT2D eigenvalue weighted by Crippen LogP contribution is -2.35. The van der Waals surface area contributed by atoms with Crippen LogP contribution in [-0.4, -0.2) is 32.5 Å². The predicted octanol–water partition coefficient (Wildman–Crippen LogP) is 1.79. The fraction of sp³-hybridized carbons (Fsp3) is 0.263. The molecule has 1 aliphatic rings. The van der Waals surface area contributed by atoms with E-state index in [4.69, 9.17) is 0 Å². The second-order valence-electron chi connectivity index (χ2n) is 6.36. The molecule has 2 amide bonds. The molecule has 3 rings (SSSR count). The van der Waals surface area contributed by atoms with Crippen LogP contribution < -0.4 is 14.9 Å². The molecule has 0 spiro atoms. The monoisotopic (exact) mass is 387 g/mol. The summed E-state index contributed by atoms with van der Waals surface area (Å²) in [6, 6.07) is 14.3. The summed E-state index contributed by atoms with van der Waals surface area (Å²) in [4.78, 5) is 24.2. The van der Waals surface area contributed by atoms with Gasteiger partial charge in [0.1, 0.15) is 0 Å². The average Bonchev–Trinajstić information content (AvgIpc) is 3.01. The fourth-order valence-corrected chi connectivity index (χ4v) is 4.42. The van der Waals surface area contributed by atoms with Crippen LogP contribution in [0.2, 0.25) is 0 Å². The first-order valence-electron chi connectivity index (χ1n) is 8.61. The van der Waals surface area contributed by atoms with Crippen molar-refractivity contribution in [3.05, 3.63) is 59.7 Å². The molecule has 1 saturated heterocycles. The molecule has 2 N–H and O–H groups in total. The third-order valence-corrected chi connectivity index (χ3v) is 6.23. The van der Waals surface area contributed by atoms with E-state index in [1.807, 2.05) is 30.3 Å². The first kappa shape index (κ1) is 18.9. The Balaban J connectivity index is 1.68. The minimum atomic E-state index is -3.31. The molecule has 0 aromatic heterocycles. The smallest absolute Gasteiger partial charge is 0.313 e. The zero-order chi connectivity index (χ0) is 19.4. The van der Waals surface area contributed by atoms with E-state index in [2.05, 4.69) is 10.6 Å². The maximum Gasteiger partial charge on any atom is 0.313 e. The number of carbonyl (C=O) groups is 2. The molecule has 142 valence electrons. The van der Waals surface area contributed by atoms with E-state index in [9.17, 15) is 18.0 Å². The maximum absolute atomic E-state index is 12.2. The van der Waals surface area contributed by atoms with E-state index in [0.29, 0.717) is 24.3 Å². The molecule has 7 nitrogen and oxygen atoms in total. The highest BCUT2D eigenvalue weighted by molar-refractivity contribution is 7.93. The molecule has 1 heterocycles. The van der Waals surface area contributed by atoms with Crippen LogP contribution in [0.25, 0.3) is 0 Å². The highest BCUT2D eigenvalue weighted by Gasteiger charge is 2.28. The van der Waals surface area contributed by atoms with E-state index in [1.165, 1.54) is 4.31 Å². The van der Waals surface area contributed by atoms with Crippen LogP contribution in [0.3, 0.4) is 0 Å². The Morgan fingerprint density at radius 3 is 2.48 bits per heavy atom. The van der Waals surface area contributed by atoms with E-state index < -0.39 is 21.8 Å². The zero-order valence-electron chi connectivity index (χ0n) is 14.9. The third kappa shape index (κ3) is 4.46. The van der Waals surface area contributed by atoms with Gasteiger partial charge in [0, 0.05) is 18.8 Å². The normalized spacial score (nSPS) is 15.4. The lowest BCUT2D eigenvalue weighted by molar-refractivity contribution is -0.136. The Kier molecular flexibility index (Phi) is 5.46. The van der Waals surface area contributed by atoms with Gasteiger partial charge in [-0.2, -0.15) is 0 Å². The van der Waals surface area contributed by atoms with Gasteiger partial charge < -0.3 is 10.6 Å². The quantitative estimate of drug-likeness (QED) is 0.782. The number of benzene rings is 2. The summed E-state index contributed by atoms with van der Waals surface area (Å²) in [6.45, 7) is 2.44. The van der Waals surface area contributed by atoms with Crippen LogP contribution in [0.4, 0.5) is 11.4 Å². The summed E-state index contributed by atoms with van der Waals surface area (Å²) in [6.07, 6.45) is 0.569. The SMILES string of the molecule is Cc1ccc(N2CCCS2(=O)=O)cc1NC(=O)C(=O)NCc1ccccc1. The summed E-state index contributed by atoms with van der Waals surface area (Å²) in [5.74, 6) is -1.43. The Morgan fingerprint density at radius 2 is 1.81 bits per heavy atom. The van der Waals surface area contributed by atoms with Crippen molar-refractivity contribution in [3.8, 4) is 0 Å². The fourth-order valence-electron chi connectivity index (χ4n) is 2.87. The standard InChI is InChI=1S/C19H21N3O4S/c1-14-8-9-16(22-10-5-11-27(22,25)26)12-17(14)21-19(24)18(23)20-13-15-6-3-2-4-7-15/h2-4,6-9,12H,5,10-11,13H2,1H3,(H,20,23)(H,21,24). The second kappa shape index (κ2) is 7.79. The Hall–Kier alpha value is -2.87. The van der Waals surface area contributed by atoms with Gasteiger partial charge >= 0.3 is 11.8 Å².